The van der Waals surface area contributed by atoms with Crippen LogP contribution in [0.4, 0.5) is 0 Å². The maximum absolute atomic E-state index is 13.4. The molecule has 7 nitrogen and oxygen atoms in total. The number of amides is 1. The van der Waals surface area contributed by atoms with E-state index in [0.29, 0.717) is 12.0 Å². The maximum Gasteiger partial charge on any atom is 0.339 e. The fraction of sp³-hybridized carbons (Fsp3) is 0.367. The van der Waals surface area contributed by atoms with Crippen molar-refractivity contribution in [2.24, 2.45) is 0 Å². The van der Waals surface area contributed by atoms with E-state index < -0.39 is 5.97 Å². The van der Waals surface area contributed by atoms with Crippen molar-refractivity contribution in [2.45, 2.75) is 51.0 Å². The van der Waals surface area contributed by atoms with Crippen LogP contribution in [0, 0.1) is 0 Å². The lowest BCUT2D eigenvalue weighted by Gasteiger charge is -2.31. The Kier molecular flexibility index (Phi) is 6.28. The Balaban J connectivity index is 1.28. The van der Waals surface area contributed by atoms with Crippen molar-refractivity contribution in [2.75, 3.05) is 20.4 Å². The standard InChI is InChI=1S/C30H30N2O5/c1-32(21-7-3-2-4-8-21)27(33)17-35-30(34)28-22-9-5-6-10-24(22)31-29-20(12-13-23(28)29)15-19-11-14-25-26(16-19)37-18-36-25/h5-6,9-11,14-16,21H,2-4,7-8,12-13,17-18H2,1H3/b20-15+. The lowest BCUT2D eigenvalue weighted by atomic mass is 9.94. The predicted molar refractivity (Wildman–Crippen MR) is 140 cm³/mol. The van der Waals surface area contributed by atoms with E-state index in [-0.39, 0.29) is 25.3 Å². The van der Waals surface area contributed by atoms with Gasteiger partial charge in [0.25, 0.3) is 5.91 Å². The first-order valence-corrected chi connectivity index (χ1v) is 13.0. The number of hydrogen-bond acceptors (Lipinski definition) is 6. The zero-order valence-corrected chi connectivity index (χ0v) is 21.0. The summed E-state index contributed by atoms with van der Waals surface area (Å²) in [4.78, 5) is 32.9. The Labute approximate surface area is 216 Å². The van der Waals surface area contributed by atoms with Crippen LogP contribution in [0.3, 0.4) is 0 Å². The van der Waals surface area contributed by atoms with Crippen molar-refractivity contribution in [3.05, 3.63) is 64.8 Å². The molecule has 1 aromatic heterocycles. The molecule has 1 fully saturated rings. The summed E-state index contributed by atoms with van der Waals surface area (Å²) >= 11 is 0. The summed E-state index contributed by atoms with van der Waals surface area (Å²) in [6, 6.07) is 13.7. The molecule has 1 amide bonds. The van der Waals surface area contributed by atoms with Gasteiger partial charge in [0, 0.05) is 18.5 Å². The first-order chi connectivity index (χ1) is 18.1. The molecule has 0 spiro atoms. The molecule has 0 radical (unpaired) electrons. The third-order valence-electron chi connectivity index (χ3n) is 7.73. The quantitative estimate of drug-likeness (QED) is 0.439. The number of nitrogens with zero attached hydrogens (tertiary/aromatic N) is 2. The number of ether oxygens (including phenoxy) is 3. The van der Waals surface area contributed by atoms with E-state index >= 15 is 0 Å². The molecule has 0 atom stereocenters. The van der Waals surface area contributed by atoms with Gasteiger partial charge >= 0.3 is 5.97 Å². The van der Waals surface area contributed by atoms with Crippen LogP contribution in [-0.2, 0) is 16.0 Å². The monoisotopic (exact) mass is 498 g/mol. The molecule has 3 aliphatic rings. The summed E-state index contributed by atoms with van der Waals surface area (Å²) in [5, 5.41) is 0.753. The van der Waals surface area contributed by atoms with Crippen LogP contribution in [0.5, 0.6) is 11.5 Å². The smallest absolute Gasteiger partial charge is 0.339 e. The highest BCUT2D eigenvalue weighted by Crippen LogP contribution is 2.39. The zero-order valence-electron chi connectivity index (χ0n) is 21.0. The summed E-state index contributed by atoms with van der Waals surface area (Å²) in [6.45, 7) is -0.0205. The van der Waals surface area contributed by atoms with Gasteiger partial charge in [0.2, 0.25) is 6.79 Å². The number of allylic oxidation sites excluding steroid dienone is 1. The molecule has 1 aliphatic heterocycles. The minimum Gasteiger partial charge on any atom is -0.454 e. The molecule has 2 aromatic carbocycles. The number of carbonyl (C=O) groups excluding carboxylic acids is 2. The summed E-state index contributed by atoms with van der Waals surface area (Å²) < 4.78 is 16.6. The zero-order chi connectivity index (χ0) is 25.4. The topological polar surface area (TPSA) is 78.0 Å². The number of likely N-dealkylation sites (N-methyl/N-ethyl adjacent to an activating group) is 1. The van der Waals surface area contributed by atoms with Crippen molar-refractivity contribution in [1.29, 1.82) is 0 Å². The lowest BCUT2D eigenvalue weighted by molar-refractivity contribution is -0.135. The highest BCUT2D eigenvalue weighted by Gasteiger charge is 2.29. The molecule has 3 aromatic rings. The number of benzene rings is 2. The summed E-state index contributed by atoms with van der Waals surface area (Å²) in [7, 11) is 1.82. The molecule has 0 unspecified atom stereocenters. The molecule has 0 saturated heterocycles. The second kappa shape index (κ2) is 9.88. The van der Waals surface area contributed by atoms with Gasteiger partial charge in [-0.05, 0) is 66.7 Å². The minimum absolute atomic E-state index is 0.154. The van der Waals surface area contributed by atoms with Gasteiger partial charge in [-0.2, -0.15) is 0 Å². The van der Waals surface area contributed by atoms with Crippen LogP contribution < -0.4 is 9.47 Å². The van der Waals surface area contributed by atoms with Gasteiger partial charge in [-0.1, -0.05) is 43.5 Å². The van der Waals surface area contributed by atoms with Crippen LogP contribution in [0.15, 0.2) is 42.5 Å². The van der Waals surface area contributed by atoms with Crippen molar-refractivity contribution < 1.29 is 23.8 Å². The second-order valence-electron chi connectivity index (χ2n) is 9.99. The van der Waals surface area contributed by atoms with Crippen LogP contribution in [0.1, 0.15) is 65.7 Å². The van der Waals surface area contributed by atoms with Gasteiger partial charge in [-0.25, -0.2) is 9.78 Å². The molecule has 2 heterocycles. The number of pyridine rings is 1. The van der Waals surface area contributed by atoms with Gasteiger partial charge < -0.3 is 19.1 Å². The number of carbonyl (C=O) groups is 2. The van der Waals surface area contributed by atoms with E-state index in [2.05, 4.69) is 6.08 Å². The Bertz CT molecular complexity index is 1410. The highest BCUT2D eigenvalue weighted by atomic mass is 16.7. The van der Waals surface area contributed by atoms with E-state index in [1.54, 1.807) is 4.90 Å². The number of aromatic nitrogens is 1. The van der Waals surface area contributed by atoms with Gasteiger partial charge in [0.05, 0.1) is 16.8 Å². The van der Waals surface area contributed by atoms with Crippen molar-refractivity contribution >= 4 is 34.4 Å². The number of rotatable bonds is 5. The van der Waals surface area contributed by atoms with Crippen molar-refractivity contribution in [1.82, 2.24) is 9.88 Å². The third-order valence-corrected chi connectivity index (χ3v) is 7.73. The molecule has 0 N–H and O–H groups in total. The van der Waals surface area contributed by atoms with Gasteiger partial charge in [0.1, 0.15) is 0 Å². The highest BCUT2D eigenvalue weighted by molar-refractivity contribution is 6.07. The number of fused-ring (bicyclic) bond motifs is 3. The Hall–Kier alpha value is -3.87. The normalized spacial score (nSPS) is 17.7. The molecule has 37 heavy (non-hydrogen) atoms. The molecular weight excluding hydrogens is 468 g/mol. The Morgan fingerprint density at radius 3 is 2.73 bits per heavy atom. The third kappa shape index (κ3) is 4.54. The number of para-hydroxylation sites is 1. The summed E-state index contributed by atoms with van der Waals surface area (Å²) in [5.41, 5.74) is 4.99. The van der Waals surface area contributed by atoms with Crippen LogP contribution in [0.25, 0.3) is 22.6 Å². The van der Waals surface area contributed by atoms with E-state index in [0.717, 1.165) is 76.9 Å². The maximum atomic E-state index is 13.4. The van der Waals surface area contributed by atoms with Crippen LogP contribution in [0.2, 0.25) is 0 Å². The first kappa shape index (κ1) is 23.5. The molecule has 0 bridgehead atoms. The van der Waals surface area contributed by atoms with Gasteiger partial charge in [-0.15, -0.1) is 0 Å². The van der Waals surface area contributed by atoms with Gasteiger partial charge in [0.15, 0.2) is 18.1 Å². The summed E-state index contributed by atoms with van der Waals surface area (Å²) in [5.74, 6) is 0.848. The van der Waals surface area contributed by atoms with Crippen molar-refractivity contribution in [3.8, 4) is 11.5 Å². The lowest BCUT2D eigenvalue weighted by Crippen LogP contribution is -2.40. The fourth-order valence-corrected chi connectivity index (χ4v) is 5.69. The predicted octanol–water partition coefficient (Wildman–Crippen LogP) is 5.40. The minimum atomic E-state index is -0.468. The Morgan fingerprint density at radius 1 is 1.05 bits per heavy atom. The molecule has 2 aliphatic carbocycles. The fourth-order valence-electron chi connectivity index (χ4n) is 5.69. The Morgan fingerprint density at radius 2 is 1.86 bits per heavy atom. The molecule has 1 saturated carbocycles. The molecular formula is C30H30N2O5. The number of hydrogen-bond donors (Lipinski definition) is 0. The largest absolute Gasteiger partial charge is 0.454 e. The summed E-state index contributed by atoms with van der Waals surface area (Å²) in [6.07, 6.45) is 9.06. The van der Waals surface area contributed by atoms with E-state index in [9.17, 15) is 9.59 Å². The van der Waals surface area contributed by atoms with Gasteiger partial charge in [-0.3, -0.25) is 4.79 Å². The SMILES string of the molecule is CN(C(=O)COC(=O)c1c2c(nc3ccccc13)/C(=C/c1ccc3c(c1)OCO3)CC2)C1CCCCC1. The number of esters is 1. The molecule has 7 heteroatoms. The first-order valence-electron chi connectivity index (χ1n) is 13.0. The molecule has 6 rings (SSSR count). The van der Waals surface area contributed by atoms with Crippen molar-refractivity contribution in [3.63, 3.8) is 0 Å². The van der Waals surface area contributed by atoms with E-state index in [4.69, 9.17) is 19.2 Å². The van der Waals surface area contributed by atoms with E-state index in [1.807, 2.05) is 49.5 Å². The van der Waals surface area contributed by atoms with Crippen LogP contribution >= 0.6 is 0 Å². The average Bonchev–Trinajstić information content (AvgIpc) is 3.57. The second-order valence-corrected chi connectivity index (χ2v) is 9.99. The van der Waals surface area contributed by atoms with E-state index in [1.165, 1.54) is 6.42 Å². The molecule has 190 valence electrons. The average molecular weight is 499 g/mol. The van der Waals surface area contributed by atoms with Crippen LogP contribution in [-0.4, -0.2) is 48.2 Å².